The third-order valence-electron chi connectivity index (χ3n) is 4.21. The number of anilines is 1. The van der Waals surface area contributed by atoms with E-state index in [9.17, 15) is 5.11 Å². The Morgan fingerprint density at radius 3 is 2.70 bits per heavy atom. The minimum absolute atomic E-state index is 0.0979. The number of halogens is 1. The van der Waals surface area contributed by atoms with Gasteiger partial charge in [0, 0.05) is 42.2 Å². The van der Waals surface area contributed by atoms with E-state index in [0.29, 0.717) is 29.8 Å². The monoisotopic (exact) mass is 328 g/mol. The van der Waals surface area contributed by atoms with Crippen LogP contribution in [0.5, 0.6) is 0 Å². The number of nitrogens with zero attached hydrogens (tertiary/aromatic N) is 4. The summed E-state index contributed by atoms with van der Waals surface area (Å²) in [6.07, 6.45) is 0. The molecule has 0 aliphatic carbocycles. The van der Waals surface area contributed by atoms with Crippen LogP contribution in [0.4, 0.5) is 5.95 Å². The molecular weight excluding hydrogens is 312 g/mol. The molecule has 2 atom stereocenters. The highest BCUT2D eigenvalue weighted by Crippen LogP contribution is 2.34. The Bertz CT molecular complexity index is 741. The first-order valence-electron chi connectivity index (χ1n) is 7.47. The van der Waals surface area contributed by atoms with Crippen LogP contribution in [-0.4, -0.2) is 34.8 Å². The second-order valence-electron chi connectivity index (χ2n) is 5.81. The molecule has 2 heterocycles. The summed E-state index contributed by atoms with van der Waals surface area (Å²) in [4.78, 5) is 10.8. The maximum atomic E-state index is 9.73. The van der Waals surface area contributed by atoms with Crippen molar-refractivity contribution in [3.8, 4) is 6.07 Å². The van der Waals surface area contributed by atoms with E-state index in [1.54, 1.807) is 6.07 Å². The number of hydrogen-bond acceptors (Lipinski definition) is 5. The van der Waals surface area contributed by atoms with E-state index in [-0.39, 0.29) is 18.4 Å². The van der Waals surface area contributed by atoms with E-state index in [1.165, 1.54) is 0 Å². The van der Waals surface area contributed by atoms with Gasteiger partial charge in [-0.2, -0.15) is 5.26 Å². The maximum absolute atomic E-state index is 9.73. The lowest BCUT2D eigenvalue weighted by molar-refractivity contribution is 0.227. The molecule has 1 N–H and O–H groups in total. The molecule has 1 aliphatic heterocycles. The van der Waals surface area contributed by atoms with Gasteiger partial charge in [0.05, 0.1) is 0 Å². The summed E-state index contributed by atoms with van der Waals surface area (Å²) in [5, 5.41) is 19.5. The van der Waals surface area contributed by atoms with Gasteiger partial charge in [-0.3, -0.25) is 0 Å². The number of aryl methyl sites for hydroxylation is 1. The number of aromatic nitrogens is 2. The zero-order valence-electron chi connectivity index (χ0n) is 12.8. The van der Waals surface area contributed by atoms with E-state index in [2.05, 4.69) is 16.0 Å². The van der Waals surface area contributed by atoms with Crippen molar-refractivity contribution >= 4 is 17.5 Å². The molecule has 0 spiro atoms. The fourth-order valence-electron chi connectivity index (χ4n) is 3.06. The summed E-state index contributed by atoms with van der Waals surface area (Å²) >= 11 is 5.95. The van der Waals surface area contributed by atoms with Crippen LogP contribution < -0.4 is 4.90 Å². The second kappa shape index (κ2) is 6.53. The van der Waals surface area contributed by atoms with Crippen molar-refractivity contribution < 1.29 is 5.11 Å². The fraction of sp³-hybridized carbons (Fsp3) is 0.353. The van der Waals surface area contributed by atoms with Gasteiger partial charge in [-0.25, -0.2) is 9.97 Å². The van der Waals surface area contributed by atoms with Crippen molar-refractivity contribution in [2.45, 2.75) is 12.8 Å². The number of aliphatic hydroxyl groups excluding tert-OH is 1. The Labute approximate surface area is 140 Å². The number of nitriles is 1. The van der Waals surface area contributed by atoms with Crippen LogP contribution in [0.2, 0.25) is 5.02 Å². The standard InChI is InChI=1S/C17H17ClN4O/c1-11-6-15(7-19)21-17(20-11)22-8-13(10-23)16(9-22)12-2-4-14(18)5-3-12/h2-6,13,16,23H,8-10H2,1H3/t13-,16-/m0/s1. The van der Waals surface area contributed by atoms with Gasteiger partial charge in [-0.05, 0) is 30.7 Å². The molecule has 5 nitrogen and oxygen atoms in total. The Hall–Kier alpha value is -2.16. The lowest BCUT2D eigenvalue weighted by Gasteiger charge is -2.17. The smallest absolute Gasteiger partial charge is 0.226 e. The minimum atomic E-state index is 0.0979. The summed E-state index contributed by atoms with van der Waals surface area (Å²) < 4.78 is 0. The Morgan fingerprint density at radius 1 is 1.30 bits per heavy atom. The predicted molar refractivity (Wildman–Crippen MR) is 88.5 cm³/mol. The van der Waals surface area contributed by atoms with E-state index in [0.717, 1.165) is 11.3 Å². The van der Waals surface area contributed by atoms with Gasteiger partial charge in [0.1, 0.15) is 11.8 Å². The summed E-state index contributed by atoms with van der Waals surface area (Å²) in [6.45, 7) is 3.32. The molecule has 1 fully saturated rings. The maximum Gasteiger partial charge on any atom is 0.226 e. The molecule has 1 saturated heterocycles. The number of hydrogen-bond donors (Lipinski definition) is 1. The molecule has 1 aromatic carbocycles. The molecule has 0 radical (unpaired) electrons. The molecule has 0 amide bonds. The summed E-state index contributed by atoms with van der Waals surface area (Å²) in [6, 6.07) is 11.5. The predicted octanol–water partition coefficient (Wildman–Crippen LogP) is 2.52. The van der Waals surface area contributed by atoms with Crippen molar-refractivity contribution in [1.29, 1.82) is 5.26 Å². The first kappa shape index (κ1) is 15.7. The Morgan fingerprint density at radius 2 is 2.04 bits per heavy atom. The molecule has 6 heteroatoms. The zero-order valence-corrected chi connectivity index (χ0v) is 13.5. The summed E-state index contributed by atoms with van der Waals surface area (Å²) in [5.74, 6) is 0.842. The van der Waals surface area contributed by atoms with Crippen molar-refractivity contribution in [3.05, 3.63) is 52.3 Å². The van der Waals surface area contributed by atoms with Crippen LogP contribution in [0.3, 0.4) is 0 Å². The molecule has 23 heavy (non-hydrogen) atoms. The van der Waals surface area contributed by atoms with Gasteiger partial charge in [-0.15, -0.1) is 0 Å². The number of aliphatic hydroxyl groups is 1. The molecular formula is C17H17ClN4O. The van der Waals surface area contributed by atoms with E-state index in [1.807, 2.05) is 36.1 Å². The van der Waals surface area contributed by atoms with Crippen LogP contribution in [0, 0.1) is 24.2 Å². The molecule has 118 valence electrons. The molecule has 0 bridgehead atoms. The van der Waals surface area contributed by atoms with Crippen LogP contribution in [-0.2, 0) is 0 Å². The number of rotatable bonds is 3. The van der Waals surface area contributed by atoms with Gasteiger partial charge < -0.3 is 10.0 Å². The van der Waals surface area contributed by atoms with Gasteiger partial charge in [-0.1, -0.05) is 23.7 Å². The minimum Gasteiger partial charge on any atom is -0.396 e. The third kappa shape index (κ3) is 3.29. The molecule has 0 saturated carbocycles. The fourth-order valence-corrected chi connectivity index (χ4v) is 3.18. The lowest BCUT2D eigenvalue weighted by Crippen LogP contribution is -2.23. The van der Waals surface area contributed by atoms with Crippen LogP contribution >= 0.6 is 11.6 Å². The van der Waals surface area contributed by atoms with Crippen LogP contribution in [0.1, 0.15) is 22.9 Å². The third-order valence-corrected chi connectivity index (χ3v) is 4.47. The molecule has 1 aromatic heterocycles. The lowest BCUT2D eigenvalue weighted by atomic mass is 9.90. The van der Waals surface area contributed by atoms with Gasteiger partial charge in [0.25, 0.3) is 0 Å². The molecule has 3 rings (SSSR count). The SMILES string of the molecule is Cc1cc(C#N)nc(N2C[C@@H](CO)[C@H](c3ccc(Cl)cc3)C2)n1. The van der Waals surface area contributed by atoms with Crippen molar-refractivity contribution in [2.75, 3.05) is 24.6 Å². The quantitative estimate of drug-likeness (QED) is 0.937. The second-order valence-corrected chi connectivity index (χ2v) is 6.25. The van der Waals surface area contributed by atoms with E-state index >= 15 is 0 Å². The van der Waals surface area contributed by atoms with Crippen molar-refractivity contribution in [3.63, 3.8) is 0 Å². The average molecular weight is 329 g/mol. The Balaban J connectivity index is 1.88. The molecule has 0 unspecified atom stereocenters. The highest BCUT2D eigenvalue weighted by Gasteiger charge is 2.34. The normalized spacial score (nSPS) is 20.5. The zero-order chi connectivity index (χ0) is 16.4. The average Bonchev–Trinajstić information content (AvgIpc) is 2.99. The summed E-state index contributed by atoms with van der Waals surface area (Å²) in [5.41, 5.74) is 2.27. The van der Waals surface area contributed by atoms with E-state index in [4.69, 9.17) is 16.9 Å². The van der Waals surface area contributed by atoms with Gasteiger partial charge in [0.2, 0.25) is 5.95 Å². The van der Waals surface area contributed by atoms with Crippen LogP contribution in [0.25, 0.3) is 0 Å². The highest BCUT2D eigenvalue weighted by atomic mass is 35.5. The summed E-state index contributed by atoms with van der Waals surface area (Å²) in [7, 11) is 0. The first-order chi connectivity index (χ1) is 11.1. The topological polar surface area (TPSA) is 73.0 Å². The van der Waals surface area contributed by atoms with Gasteiger partial charge >= 0.3 is 0 Å². The Kier molecular flexibility index (Phi) is 4.46. The van der Waals surface area contributed by atoms with E-state index < -0.39 is 0 Å². The molecule has 2 aromatic rings. The molecule has 1 aliphatic rings. The first-order valence-corrected chi connectivity index (χ1v) is 7.85. The number of benzene rings is 1. The highest BCUT2D eigenvalue weighted by molar-refractivity contribution is 6.30. The van der Waals surface area contributed by atoms with Crippen molar-refractivity contribution in [2.24, 2.45) is 5.92 Å². The van der Waals surface area contributed by atoms with Crippen LogP contribution in [0.15, 0.2) is 30.3 Å². The largest absolute Gasteiger partial charge is 0.396 e. The van der Waals surface area contributed by atoms with Crippen molar-refractivity contribution in [1.82, 2.24) is 9.97 Å². The van der Waals surface area contributed by atoms with Gasteiger partial charge in [0.15, 0.2) is 0 Å².